The van der Waals surface area contributed by atoms with Gasteiger partial charge < -0.3 is 19.9 Å². The Kier molecular flexibility index (Phi) is 6.16. The number of halogens is 1. The van der Waals surface area contributed by atoms with Crippen molar-refractivity contribution in [2.45, 2.75) is 19.4 Å². The third-order valence-electron chi connectivity index (χ3n) is 4.01. The van der Waals surface area contributed by atoms with Crippen molar-refractivity contribution in [2.75, 3.05) is 14.2 Å². The maximum absolute atomic E-state index is 13.7. The second-order valence-electron chi connectivity index (χ2n) is 5.64. The van der Waals surface area contributed by atoms with E-state index in [1.807, 2.05) is 0 Å². The molecule has 0 radical (unpaired) electrons. The Morgan fingerprint density at radius 1 is 1.19 bits per heavy atom. The fourth-order valence-electron chi connectivity index (χ4n) is 2.61. The Bertz CT molecular complexity index is 822. The Morgan fingerprint density at radius 2 is 1.92 bits per heavy atom. The molecule has 1 amide bonds. The van der Waals surface area contributed by atoms with Gasteiger partial charge in [-0.05, 0) is 36.8 Å². The van der Waals surface area contributed by atoms with Crippen molar-refractivity contribution in [3.8, 4) is 11.5 Å². The van der Waals surface area contributed by atoms with E-state index in [1.165, 1.54) is 39.3 Å². The number of methoxy groups -OCH3 is 2. The summed E-state index contributed by atoms with van der Waals surface area (Å²) >= 11 is 0. The number of carboxylic acids is 1. The number of hydrogen-bond donors (Lipinski definition) is 2. The van der Waals surface area contributed by atoms with Crippen LogP contribution in [0.2, 0.25) is 0 Å². The number of amides is 1. The van der Waals surface area contributed by atoms with Gasteiger partial charge in [-0.25, -0.2) is 4.39 Å². The van der Waals surface area contributed by atoms with Crippen molar-refractivity contribution in [2.24, 2.45) is 0 Å². The molecule has 0 aliphatic rings. The maximum atomic E-state index is 13.7. The number of carboxylic acid groups (broad SMARTS) is 1. The highest BCUT2D eigenvalue weighted by Crippen LogP contribution is 2.31. The molecule has 1 unspecified atom stereocenters. The average molecular weight is 361 g/mol. The summed E-state index contributed by atoms with van der Waals surface area (Å²) in [5.74, 6) is -1.25. The summed E-state index contributed by atoms with van der Waals surface area (Å²) < 4.78 is 24.1. The minimum absolute atomic E-state index is 0.146. The van der Waals surface area contributed by atoms with Gasteiger partial charge in [-0.15, -0.1) is 0 Å². The first-order valence-corrected chi connectivity index (χ1v) is 7.87. The minimum atomic E-state index is -1.09. The second kappa shape index (κ2) is 8.33. The molecule has 2 aromatic rings. The average Bonchev–Trinajstić information content (AvgIpc) is 2.62. The second-order valence-corrected chi connectivity index (χ2v) is 5.64. The summed E-state index contributed by atoms with van der Waals surface area (Å²) in [5, 5.41) is 11.9. The van der Waals surface area contributed by atoms with Crippen molar-refractivity contribution in [3.63, 3.8) is 0 Å². The van der Waals surface area contributed by atoms with Crippen LogP contribution < -0.4 is 14.8 Å². The molecule has 0 aliphatic heterocycles. The molecule has 0 aromatic heterocycles. The number of carbonyl (C=O) groups excluding carboxylic acids is 1. The molecule has 26 heavy (non-hydrogen) atoms. The lowest BCUT2D eigenvalue weighted by Crippen LogP contribution is -2.31. The molecular formula is C19H20FNO5. The first-order valence-electron chi connectivity index (χ1n) is 7.87. The Hall–Kier alpha value is -3.09. The third-order valence-corrected chi connectivity index (χ3v) is 4.01. The van der Waals surface area contributed by atoms with Crippen LogP contribution in [0, 0.1) is 12.7 Å². The zero-order valence-corrected chi connectivity index (χ0v) is 14.7. The molecule has 0 saturated heterocycles. The first kappa shape index (κ1) is 19.2. The van der Waals surface area contributed by atoms with E-state index >= 15 is 0 Å². The van der Waals surface area contributed by atoms with E-state index in [1.54, 1.807) is 18.2 Å². The number of carbonyl (C=O) groups is 2. The first-order chi connectivity index (χ1) is 12.4. The molecule has 6 nitrogen and oxygen atoms in total. The summed E-state index contributed by atoms with van der Waals surface area (Å²) in [6.07, 6.45) is -0.358. The van der Waals surface area contributed by atoms with E-state index in [2.05, 4.69) is 5.32 Å². The van der Waals surface area contributed by atoms with E-state index in [0.29, 0.717) is 17.1 Å². The molecule has 2 rings (SSSR count). The molecule has 0 aliphatic carbocycles. The normalized spacial score (nSPS) is 11.5. The van der Waals surface area contributed by atoms with Crippen LogP contribution in [0.4, 0.5) is 4.39 Å². The van der Waals surface area contributed by atoms with Crippen molar-refractivity contribution in [1.82, 2.24) is 5.32 Å². The van der Waals surface area contributed by atoms with Crippen LogP contribution in [-0.2, 0) is 4.79 Å². The zero-order valence-electron chi connectivity index (χ0n) is 14.7. The van der Waals surface area contributed by atoms with Gasteiger partial charge in [-0.1, -0.05) is 6.07 Å². The zero-order chi connectivity index (χ0) is 19.3. The number of hydrogen-bond acceptors (Lipinski definition) is 4. The van der Waals surface area contributed by atoms with Gasteiger partial charge in [0.2, 0.25) is 0 Å². The molecule has 0 spiro atoms. The fourth-order valence-corrected chi connectivity index (χ4v) is 2.61. The predicted octanol–water partition coefficient (Wildman–Crippen LogP) is 3.10. The number of rotatable bonds is 7. The van der Waals surface area contributed by atoms with Crippen molar-refractivity contribution < 1.29 is 28.6 Å². The molecule has 0 fully saturated rings. The summed E-state index contributed by atoms with van der Waals surface area (Å²) in [7, 11) is 2.94. The predicted molar refractivity (Wildman–Crippen MR) is 93.1 cm³/mol. The molecule has 138 valence electrons. The van der Waals surface area contributed by atoms with Crippen LogP contribution in [0.1, 0.15) is 33.9 Å². The van der Waals surface area contributed by atoms with Crippen LogP contribution >= 0.6 is 0 Å². The van der Waals surface area contributed by atoms with Crippen molar-refractivity contribution >= 4 is 11.9 Å². The van der Waals surface area contributed by atoms with Crippen LogP contribution in [0.25, 0.3) is 0 Å². The number of benzene rings is 2. The van der Waals surface area contributed by atoms with Gasteiger partial charge in [0.05, 0.1) is 26.7 Å². The summed E-state index contributed by atoms with van der Waals surface area (Å²) in [5.41, 5.74) is 0.826. The summed E-state index contributed by atoms with van der Waals surface area (Å²) in [6, 6.07) is 8.19. The molecule has 7 heteroatoms. The molecular weight excluding hydrogens is 341 g/mol. The highest BCUT2D eigenvalue weighted by molar-refractivity contribution is 5.96. The summed E-state index contributed by atoms with van der Waals surface area (Å²) in [6.45, 7) is 1.49. The number of nitrogens with one attached hydrogen (secondary N) is 1. The van der Waals surface area contributed by atoms with Crippen molar-refractivity contribution in [1.29, 1.82) is 0 Å². The standard InChI is InChI=1S/C19H20FNO5/c1-11-13(5-4-6-15(11)20)19(24)21-16(10-18(22)23)14-8-7-12(25-2)9-17(14)26-3/h4-9,16H,10H2,1-3H3,(H,21,24)(H,22,23). The molecule has 0 saturated carbocycles. The van der Waals surface area contributed by atoms with E-state index in [9.17, 15) is 19.1 Å². The topological polar surface area (TPSA) is 84.9 Å². The largest absolute Gasteiger partial charge is 0.497 e. The maximum Gasteiger partial charge on any atom is 0.305 e. The summed E-state index contributed by atoms with van der Waals surface area (Å²) in [4.78, 5) is 23.8. The van der Waals surface area contributed by atoms with Gasteiger partial charge in [0, 0.05) is 17.2 Å². The SMILES string of the molecule is COc1ccc(C(CC(=O)O)NC(=O)c2cccc(F)c2C)c(OC)c1. The monoisotopic (exact) mass is 361 g/mol. The fraction of sp³-hybridized carbons (Fsp3) is 0.263. The van der Waals surface area contributed by atoms with Gasteiger partial charge in [0.15, 0.2) is 0 Å². The van der Waals surface area contributed by atoms with Gasteiger partial charge in [0.25, 0.3) is 5.91 Å². The van der Waals surface area contributed by atoms with Crippen LogP contribution in [0.15, 0.2) is 36.4 Å². The Labute approximate surface area is 150 Å². The number of ether oxygens (including phenoxy) is 2. The van der Waals surface area contributed by atoms with E-state index in [-0.39, 0.29) is 17.5 Å². The van der Waals surface area contributed by atoms with Crippen LogP contribution in [-0.4, -0.2) is 31.2 Å². The molecule has 0 heterocycles. The Balaban J connectivity index is 2.38. The van der Waals surface area contributed by atoms with E-state index in [4.69, 9.17) is 9.47 Å². The van der Waals surface area contributed by atoms with Gasteiger partial charge in [-0.2, -0.15) is 0 Å². The number of aliphatic carboxylic acids is 1. The third kappa shape index (κ3) is 4.30. The van der Waals surface area contributed by atoms with Crippen molar-refractivity contribution in [3.05, 3.63) is 58.9 Å². The van der Waals surface area contributed by atoms with Gasteiger partial charge in [-0.3, -0.25) is 9.59 Å². The van der Waals surface area contributed by atoms with E-state index < -0.39 is 23.7 Å². The van der Waals surface area contributed by atoms with E-state index in [0.717, 1.165) is 0 Å². The highest BCUT2D eigenvalue weighted by Gasteiger charge is 2.23. The Morgan fingerprint density at radius 3 is 2.54 bits per heavy atom. The molecule has 1 atom stereocenters. The molecule has 0 bridgehead atoms. The highest BCUT2D eigenvalue weighted by atomic mass is 19.1. The lowest BCUT2D eigenvalue weighted by atomic mass is 10.0. The lowest BCUT2D eigenvalue weighted by molar-refractivity contribution is -0.137. The molecule has 2 aromatic carbocycles. The minimum Gasteiger partial charge on any atom is -0.497 e. The lowest BCUT2D eigenvalue weighted by Gasteiger charge is -2.21. The quantitative estimate of drug-likeness (QED) is 0.792. The van der Waals surface area contributed by atoms with Crippen LogP contribution in [0.5, 0.6) is 11.5 Å². The van der Waals surface area contributed by atoms with Gasteiger partial charge >= 0.3 is 5.97 Å². The molecule has 2 N–H and O–H groups in total. The van der Waals surface area contributed by atoms with Crippen LogP contribution in [0.3, 0.4) is 0 Å². The van der Waals surface area contributed by atoms with Gasteiger partial charge in [0.1, 0.15) is 17.3 Å². The smallest absolute Gasteiger partial charge is 0.305 e.